The number of thiazole rings is 1. The molecule has 0 aliphatic carbocycles. The molecule has 2 heterocycles. The summed E-state index contributed by atoms with van der Waals surface area (Å²) >= 11 is 2.77. The van der Waals surface area contributed by atoms with Gasteiger partial charge in [-0.25, -0.2) is 0 Å². The van der Waals surface area contributed by atoms with E-state index in [1.807, 2.05) is 33.7 Å². The van der Waals surface area contributed by atoms with E-state index in [1.54, 1.807) is 0 Å². The normalized spacial score (nSPS) is 14.8. The summed E-state index contributed by atoms with van der Waals surface area (Å²) in [6, 6.07) is 7.84. The summed E-state index contributed by atoms with van der Waals surface area (Å²) in [5, 5.41) is 0. The van der Waals surface area contributed by atoms with Crippen LogP contribution in [0.1, 0.15) is 12.8 Å². The lowest BCUT2D eigenvalue weighted by Gasteiger charge is -2.14. The minimum atomic E-state index is -0.239. The van der Waals surface area contributed by atoms with Crippen LogP contribution in [0.5, 0.6) is 0 Å². The number of fused-ring (bicyclic) bond motifs is 1. The Labute approximate surface area is 154 Å². The van der Waals surface area contributed by atoms with Gasteiger partial charge in [-0.15, -0.1) is 18.2 Å². The van der Waals surface area contributed by atoms with E-state index < -0.39 is 0 Å². The standard InChI is InChI=1S/C18H19N3O2S2/c1-2-9-21-14-7-3-4-8-15(14)25-18(21)19-16(22)12-24-13-17(23)20-10-5-6-11-20/h1,3-4,7-8H,5-6,9-13H2. The smallest absolute Gasteiger partial charge is 0.258 e. The van der Waals surface area contributed by atoms with Crippen LogP contribution < -0.4 is 4.80 Å². The van der Waals surface area contributed by atoms with Crippen LogP contribution in [-0.2, 0) is 16.1 Å². The number of aromatic nitrogens is 1. The molecule has 0 spiro atoms. The third kappa shape index (κ3) is 4.33. The number of hydrogen-bond donors (Lipinski definition) is 0. The zero-order chi connectivity index (χ0) is 17.6. The SMILES string of the molecule is C#CCn1c(=NC(=O)CSCC(=O)N2CCCC2)sc2ccccc21. The van der Waals surface area contributed by atoms with Crippen molar-refractivity contribution in [2.24, 2.45) is 4.99 Å². The van der Waals surface area contributed by atoms with Crippen LogP contribution in [0.4, 0.5) is 0 Å². The molecule has 0 saturated carbocycles. The van der Waals surface area contributed by atoms with Gasteiger partial charge < -0.3 is 9.47 Å². The average Bonchev–Trinajstić information content (AvgIpc) is 3.24. The first kappa shape index (κ1) is 17.8. The lowest BCUT2D eigenvalue weighted by atomic mass is 10.3. The maximum Gasteiger partial charge on any atom is 0.258 e. The fourth-order valence-corrected chi connectivity index (χ4v) is 4.52. The van der Waals surface area contributed by atoms with E-state index in [2.05, 4.69) is 10.9 Å². The van der Waals surface area contributed by atoms with Gasteiger partial charge in [-0.05, 0) is 25.0 Å². The first-order valence-electron chi connectivity index (χ1n) is 8.14. The molecule has 25 heavy (non-hydrogen) atoms. The largest absolute Gasteiger partial charge is 0.342 e. The number of nitrogens with zero attached hydrogens (tertiary/aromatic N) is 3. The number of hydrogen-bond acceptors (Lipinski definition) is 4. The quantitative estimate of drug-likeness (QED) is 0.755. The second kappa shape index (κ2) is 8.37. The van der Waals surface area contributed by atoms with Gasteiger partial charge in [0.05, 0.1) is 28.3 Å². The molecule has 0 N–H and O–H groups in total. The lowest BCUT2D eigenvalue weighted by Crippen LogP contribution is -2.29. The van der Waals surface area contributed by atoms with Crippen LogP contribution in [0, 0.1) is 12.3 Å². The highest BCUT2D eigenvalue weighted by Crippen LogP contribution is 2.16. The molecule has 1 aliphatic heterocycles. The molecule has 0 radical (unpaired) electrons. The average molecular weight is 374 g/mol. The van der Waals surface area contributed by atoms with Gasteiger partial charge in [0.25, 0.3) is 5.91 Å². The van der Waals surface area contributed by atoms with Gasteiger partial charge in [0, 0.05) is 13.1 Å². The molecule has 130 valence electrons. The summed E-state index contributed by atoms with van der Waals surface area (Å²) in [5.74, 6) is 3.01. The number of terminal acetylenes is 1. The number of benzene rings is 1. The summed E-state index contributed by atoms with van der Waals surface area (Å²) < 4.78 is 2.92. The van der Waals surface area contributed by atoms with Crippen LogP contribution in [0.3, 0.4) is 0 Å². The highest BCUT2D eigenvalue weighted by Gasteiger charge is 2.17. The van der Waals surface area contributed by atoms with Crippen LogP contribution in [0.2, 0.25) is 0 Å². The second-order valence-electron chi connectivity index (χ2n) is 5.73. The highest BCUT2D eigenvalue weighted by molar-refractivity contribution is 8.00. The third-order valence-electron chi connectivity index (χ3n) is 3.97. The van der Waals surface area contributed by atoms with E-state index in [1.165, 1.54) is 23.1 Å². The van der Waals surface area contributed by atoms with Crippen molar-refractivity contribution in [3.8, 4) is 12.3 Å². The summed E-state index contributed by atoms with van der Waals surface area (Å²) in [6.07, 6.45) is 7.60. The van der Waals surface area contributed by atoms with Gasteiger partial charge in [0.2, 0.25) is 5.91 Å². The van der Waals surface area contributed by atoms with Crippen LogP contribution in [-0.4, -0.2) is 45.9 Å². The molecule has 2 aromatic rings. The topological polar surface area (TPSA) is 54.7 Å². The first-order chi connectivity index (χ1) is 12.2. The maximum atomic E-state index is 12.2. The van der Waals surface area contributed by atoms with Crippen molar-refractivity contribution in [1.82, 2.24) is 9.47 Å². The fourth-order valence-electron chi connectivity index (χ4n) is 2.77. The van der Waals surface area contributed by atoms with Crippen molar-refractivity contribution in [3.63, 3.8) is 0 Å². The fraction of sp³-hybridized carbons (Fsp3) is 0.389. The van der Waals surface area contributed by atoms with Crippen molar-refractivity contribution in [1.29, 1.82) is 0 Å². The number of rotatable bonds is 5. The molecular formula is C18H19N3O2S2. The lowest BCUT2D eigenvalue weighted by molar-refractivity contribution is -0.127. The molecular weight excluding hydrogens is 354 g/mol. The Bertz CT molecular complexity index is 886. The molecule has 7 heteroatoms. The summed E-state index contributed by atoms with van der Waals surface area (Å²) in [5.41, 5.74) is 0.980. The first-order valence-corrected chi connectivity index (χ1v) is 10.1. The Kier molecular flexibility index (Phi) is 5.95. The Morgan fingerprint density at radius 3 is 2.76 bits per heavy atom. The molecule has 0 unspecified atom stereocenters. The van der Waals surface area contributed by atoms with E-state index in [4.69, 9.17) is 6.42 Å². The third-order valence-corrected chi connectivity index (χ3v) is 5.93. The van der Waals surface area contributed by atoms with E-state index >= 15 is 0 Å². The molecule has 5 nitrogen and oxygen atoms in total. The maximum absolute atomic E-state index is 12.2. The number of thioether (sulfide) groups is 1. The number of carbonyl (C=O) groups is 2. The Hall–Kier alpha value is -2.04. The molecule has 1 aromatic heterocycles. The van der Waals surface area contributed by atoms with Crippen molar-refractivity contribution in [3.05, 3.63) is 29.1 Å². The number of carbonyl (C=O) groups excluding carboxylic acids is 2. The number of amides is 2. The Morgan fingerprint density at radius 1 is 1.24 bits per heavy atom. The van der Waals surface area contributed by atoms with E-state index in [0.717, 1.165) is 36.1 Å². The Morgan fingerprint density at radius 2 is 2.00 bits per heavy atom. The molecule has 1 saturated heterocycles. The van der Waals surface area contributed by atoms with Gasteiger partial charge in [0.15, 0.2) is 4.80 Å². The van der Waals surface area contributed by atoms with Gasteiger partial charge in [-0.1, -0.05) is 29.4 Å². The monoisotopic (exact) mass is 373 g/mol. The molecule has 0 bridgehead atoms. The molecule has 0 atom stereocenters. The van der Waals surface area contributed by atoms with Gasteiger partial charge in [-0.2, -0.15) is 4.99 Å². The zero-order valence-corrected chi connectivity index (χ0v) is 15.4. The van der Waals surface area contributed by atoms with E-state index in [-0.39, 0.29) is 17.6 Å². The summed E-state index contributed by atoms with van der Waals surface area (Å²) in [7, 11) is 0. The van der Waals surface area contributed by atoms with Crippen LogP contribution in [0.15, 0.2) is 29.3 Å². The minimum absolute atomic E-state index is 0.111. The van der Waals surface area contributed by atoms with Crippen molar-refractivity contribution < 1.29 is 9.59 Å². The van der Waals surface area contributed by atoms with Crippen molar-refractivity contribution in [2.75, 3.05) is 24.6 Å². The molecule has 2 amide bonds. The molecule has 1 aromatic carbocycles. The van der Waals surface area contributed by atoms with Gasteiger partial charge >= 0.3 is 0 Å². The minimum Gasteiger partial charge on any atom is -0.342 e. The van der Waals surface area contributed by atoms with Crippen LogP contribution in [0.25, 0.3) is 10.2 Å². The summed E-state index contributed by atoms with van der Waals surface area (Å²) in [6.45, 7) is 2.05. The molecule has 1 aliphatic rings. The Balaban J connectivity index is 1.66. The van der Waals surface area contributed by atoms with Crippen molar-refractivity contribution >= 4 is 45.1 Å². The van der Waals surface area contributed by atoms with E-state index in [0.29, 0.717) is 17.1 Å². The van der Waals surface area contributed by atoms with E-state index in [9.17, 15) is 9.59 Å². The zero-order valence-electron chi connectivity index (χ0n) is 13.8. The van der Waals surface area contributed by atoms with Crippen molar-refractivity contribution in [2.45, 2.75) is 19.4 Å². The van der Waals surface area contributed by atoms with Gasteiger partial charge in [0.1, 0.15) is 0 Å². The molecule has 1 fully saturated rings. The predicted octanol–water partition coefficient (Wildman–Crippen LogP) is 2.12. The van der Waals surface area contributed by atoms with Crippen LogP contribution >= 0.6 is 23.1 Å². The number of likely N-dealkylation sites (tertiary alicyclic amines) is 1. The number of para-hydroxylation sites is 1. The molecule has 3 rings (SSSR count). The summed E-state index contributed by atoms with van der Waals surface area (Å²) in [4.78, 5) is 30.8. The second-order valence-corrected chi connectivity index (χ2v) is 7.72. The highest BCUT2D eigenvalue weighted by atomic mass is 32.2. The van der Waals surface area contributed by atoms with Gasteiger partial charge in [-0.3, -0.25) is 9.59 Å². The predicted molar refractivity (Wildman–Crippen MR) is 102 cm³/mol.